The lowest BCUT2D eigenvalue weighted by Crippen LogP contribution is -2.51. The molecule has 2 aromatic carbocycles. The van der Waals surface area contributed by atoms with Gasteiger partial charge in [0.2, 0.25) is 0 Å². The Bertz CT molecular complexity index is 1970. The molecule has 50 heavy (non-hydrogen) atoms. The fourth-order valence-corrected chi connectivity index (χ4v) is 8.80. The summed E-state index contributed by atoms with van der Waals surface area (Å²) in [6.07, 6.45) is 7.41. The summed E-state index contributed by atoms with van der Waals surface area (Å²) in [5, 5.41) is 15.9. The maximum atomic E-state index is 17.0. The van der Waals surface area contributed by atoms with Crippen molar-refractivity contribution in [1.82, 2.24) is 30.1 Å². The Kier molecular flexibility index (Phi) is 8.37. The molecule has 4 atom stereocenters. The van der Waals surface area contributed by atoms with Crippen molar-refractivity contribution >= 4 is 33.6 Å². The fourth-order valence-electron chi connectivity index (χ4n) is 8.80. The normalized spacial score (nSPS) is 24.7. The Hall–Kier alpha value is -4.36. The van der Waals surface area contributed by atoms with Crippen molar-refractivity contribution in [3.63, 3.8) is 0 Å². The zero-order chi connectivity index (χ0) is 34.7. The van der Waals surface area contributed by atoms with Crippen LogP contribution in [0.5, 0.6) is 11.8 Å². The number of amides is 1. The topological polar surface area (TPSA) is 116 Å². The highest BCUT2D eigenvalue weighted by Crippen LogP contribution is 2.44. The van der Waals surface area contributed by atoms with Gasteiger partial charge in [0.25, 0.3) is 0 Å². The standard InChI is InChI=1S/C37H43F2N7O4/c1-4-26-29(38)9-6-21-14-25(47)15-27(30(21)26)32-31(39)33-28(16-40-32)34(45-17-22-7-8-23(18-45)41-22)43-35(42-33)50-20-37-11-5-13-46(37)24(10-12-37)19-49-36(48)44(2)3/h6,9,14-16,22-24,41,47H,4-5,7-8,10-13,17-20H2,1-3H3/t22?,23?,24-,37-/m1/s1. The zero-order valence-electron chi connectivity index (χ0n) is 28.7. The van der Waals surface area contributed by atoms with Crippen molar-refractivity contribution < 1.29 is 28.2 Å². The molecule has 264 valence electrons. The van der Waals surface area contributed by atoms with Crippen molar-refractivity contribution in [1.29, 1.82) is 0 Å². The lowest BCUT2D eigenvalue weighted by Gasteiger charge is -2.35. The predicted octanol–water partition coefficient (Wildman–Crippen LogP) is 5.41. The van der Waals surface area contributed by atoms with Crippen LogP contribution in [0.4, 0.5) is 19.4 Å². The molecule has 6 heterocycles. The third kappa shape index (κ3) is 5.64. The highest BCUT2D eigenvalue weighted by atomic mass is 19.1. The minimum Gasteiger partial charge on any atom is -0.508 e. The molecular formula is C37H43F2N7O4. The molecule has 2 aromatic heterocycles. The molecule has 0 aliphatic carbocycles. The number of carbonyl (C=O) groups is 1. The van der Waals surface area contributed by atoms with Crippen molar-refractivity contribution in [2.45, 2.75) is 75.5 Å². The summed E-state index contributed by atoms with van der Waals surface area (Å²) in [5.41, 5.74) is 0.499. The van der Waals surface area contributed by atoms with E-state index in [-0.39, 0.29) is 40.6 Å². The van der Waals surface area contributed by atoms with E-state index in [1.165, 1.54) is 17.0 Å². The summed E-state index contributed by atoms with van der Waals surface area (Å²) >= 11 is 0. The number of halogens is 2. The predicted molar refractivity (Wildman–Crippen MR) is 186 cm³/mol. The Balaban J connectivity index is 1.18. The monoisotopic (exact) mass is 687 g/mol. The van der Waals surface area contributed by atoms with Crippen LogP contribution in [0.3, 0.4) is 0 Å². The summed E-state index contributed by atoms with van der Waals surface area (Å²) in [6, 6.07) is 6.73. The zero-order valence-corrected chi connectivity index (χ0v) is 28.7. The number of hydrogen-bond donors (Lipinski definition) is 2. The number of carbonyl (C=O) groups excluding carboxylic acids is 1. The second kappa shape index (κ2) is 12.8. The molecule has 2 unspecified atom stereocenters. The van der Waals surface area contributed by atoms with Gasteiger partial charge in [0, 0.05) is 57.1 Å². The van der Waals surface area contributed by atoms with Gasteiger partial charge < -0.3 is 29.7 Å². The van der Waals surface area contributed by atoms with Gasteiger partial charge in [-0.05, 0) is 86.0 Å². The number of aromatic nitrogens is 3. The molecule has 4 saturated heterocycles. The van der Waals surface area contributed by atoms with Crippen LogP contribution in [0.1, 0.15) is 51.0 Å². The average Bonchev–Trinajstić information content (AvgIpc) is 3.78. The van der Waals surface area contributed by atoms with Crippen LogP contribution in [-0.2, 0) is 11.2 Å². The molecule has 13 heteroatoms. The van der Waals surface area contributed by atoms with Gasteiger partial charge in [0.1, 0.15) is 41.8 Å². The largest absolute Gasteiger partial charge is 0.508 e. The number of phenolic OH excluding ortho intramolecular Hbond substituents is 1. The number of nitrogens with zero attached hydrogens (tertiary/aromatic N) is 6. The van der Waals surface area contributed by atoms with Crippen molar-refractivity contribution in [3.8, 4) is 23.0 Å². The van der Waals surface area contributed by atoms with Crippen LogP contribution in [-0.4, -0.2) is 107 Å². The number of aromatic hydroxyl groups is 1. The maximum Gasteiger partial charge on any atom is 0.409 e. The molecule has 0 saturated carbocycles. The molecule has 2 bridgehead atoms. The number of rotatable bonds is 8. The molecule has 1 amide bonds. The van der Waals surface area contributed by atoms with E-state index in [2.05, 4.69) is 25.1 Å². The summed E-state index contributed by atoms with van der Waals surface area (Å²) in [5.74, 6) is -0.579. The van der Waals surface area contributed by atoms with E-state index >= 15 is 8.78 Å². The fraction of sp³-hybridized carbons (Fsp3) is 0.514. The highest BCUT2D eigenvalue weighted by molar-refractivity contribution is 6.01. The van der Waals surface area contributed by atoms with Crippen LogP contribution < -0.4 is 15.0 Å². The number of aryl methyl sites for hydroxylation is 1. The van der Waals surface area contributed by atoms with Gasteiger partial charge in [0.05, 0.1) is 10.9 Å². The molecule has 2 N–H and O–H groups in total. The Morgan fingerprint density at radius 3 is 2.68 bits per heavy atom. The minimum absolute atomic E-state index is 0.0267. The summed E-state index contributed by atoms with van der Waals surface area (Å²) in [6.45, 7) is 4.78. The third-order valence-electron chi connectivity index (χ3n) is 11.2. The lowest BCUT2D eigenvalue weighted by atomic mass is 9.94. The quantitative estimate of drug-likeness (QED) is 0.249. The number of piperazine rings is 1. The molecule has 0 radical (unpaired) electrons. The van der Waals surface area contributed by atoms with Gasteiger partial charge in [-0.2, -0.15) is 9.97 Å². The molecule has 4 aliphatic heterocycles. The van der Waals surface area contributed by atoms with Gasteiger partial charge in [-0.3, -0.25) is 9.88 Å². The molecule has 8 rings (SSSR count). The van der Waals surface area contributed by atoms with Crippen LogP contribution >= 0.6 is 0 Å². The highest BCUT2D eigenvalue weighted by Gasteiger charge is 2.50. The average molecular weight is 688 g/mol. The maximum absolute atomic E-state index is 17.0. The number of phenols is 1. The molecule has 4 aliphatic rings. The Morgan fingerprint density at radius 2 is 1.92 bits per heavy atom. The van der Waals surface area contributed by atoms with Crippen LogP contribution in [0.15, 0.2) is 30.5 Å². The molecule has 0 spiro atoms. The van der Waals surface area contributed by atoms with Crippen LogP contribution in [0.25, 0.3) is 32.9 Å². The van der Waals surface area contributed by atoms with E-state index in [0.717, 1.165) is 45.1 Å². The molecule has 4 aromatic rings. The second-order valence-electron chi connectivity index (χ2n) is 14.5. The van der Waals surface area contributed by atoms with Gasteiger partial charge in [-0.1, -0.05) is 13.0 Å². The SMILES string of the molecule is CCc1c(F)ccc2cc(O)cc(-c3ncc4c(N5CC6CCC(C5)N6)nc(OC[C@]56CCCN5[C@@H](COC(=O)N(C)C)CC6)nc4c3F)c12. The van der Waals surface area contributed by atoms with E-state index in [9.17, 15) is 9.90 Å². The first-order valence-corrected chi connectivity index (χ1v) is 17.7. The molecular weight excluding hydrogens is 644 g/mol. The number of benzene rings is 2. The van der Waals surface area contributed by atoms with E-state index in [4.69, 9.17) is 14.5 Å². The van der Waals surface area contributed by atoms with E-state index in [1.54, 1.807) is 32.4 Å². The number of nitrogens with one attached hydrogen (secondary N) is 1. The van der Waals surface area contributed by atoms with Gasteiger partial charge >= 0.3 is 12.1 Å². The first-order chi connectivity index (χ1) is 24.1. The van der Waals surface area contributed by atoms with Gasteiger partial charge in [-0.25, -0.2) is 13.6 Å². The summed E-state index contributed by atoms with van der Waals surface area (Å²) in [4.78, 5) is 32.3. The van der Waals surface area contributed by atoms with Crippen molar-refractivity contribution in [2.24, 2.45) is 0 Å². The molecule has 11 nitrogen and oxygen atoms in total. The van der Waals surface area contributed by atoms with E-state index < -0.39 is 11.6 Å². The number of pyridine rings is 1. The molecule has 4 fully saturated rings. The third-order valence-corrected chi connectivity index (χ3v) is 11.2. The first-order valence-electron chi connectivity index (χ1n) is 17.7. The Labute approximate surface area is 289 Å². The number of ether oxygens (including phenoxy) is 2. The number of fused-ring (bicyclic) bond motifs is 5. The smallest absolute Gasteiger partial charge is 0.409 e. The first kappa shape index (κ1) is 32.8. The van der Waals surface area contributed by atoms with Crippen molar-refractivity contribution in [2.75, 3.05) is 51.8 Å². The van der Waals surface area contributed by atoms with Crippen molar-refractivity contribution in [3.05, 3.63) is 47.7 Å². The van der Waals surface area contributed by atoms with Gasteiger partial charge in [-0.15, -0.1) is 0 Å². The number of hydrogen-bond acceptors (Lipinski definition) is 10. The lowest BCUT2D eigenvalue weighted by molar-refractivity contribution is 0.0484. The summed E-state index contributed by atoms with van der Waals surface area (Å²) < 4.78 is 44.0. The van der Waals surface area contributed by atoms with E-state index in [1.807, 2.05) is 6.92 Å². The minimum atomic E-state index is -0.684. The Morgan fingerprint density at radius 1 is 1.12 bits per heavy atom. The second-order valence-corrected chi connectivity index (χ2v) is 14.5. The summed E-state index contributed by atoms with van der Waals surface area (Å²) in [7, 11) is 3.34. The van der Waals surface area contributed by atoms with Gasteiger partial charge in [0.15, 0.2) is 5.82 Å². The number of anilines is 1. The van der Waals surface area contributed by atoms with E-state index in [0.29, 0.717) is 77.9 Å². The van der Waals surface area contributed by atoms with Crippen LogP contribution in [0, 0.1) is 11.6 Å². The van der Waals surface area contributed by atoms with Crippen LogP contribution in [0.2, 0.25) is 0 Å².